The van der Waals surface area contributed by atoms with Crippen molar-refractivity contribution in [1.29, 1.82) is 0 Å². The monoisotopic (exact) mass is 576 g/mol. The van der Waals surface area contributed by atoms with Gasteiger partial charge in [-0.25, -0.2) is 13.9 Å². The summed E-state index contributed by atoms with van der Waals surface area (Å²) >= 11 is 1.11. The molecule has 1 aromatic rings. The molecule has 2 heterocycles. The Labute approximate surface area is 226 Å². The molecular formula is C23H37N4O9PS. The normalized spacial score (nSPS) is 21.0. The number of nitrogens with zero attached hydrogens (tertiary/aromatic N) is 2. The molecular weight excluding hydrogens is 539 g/mol. The van der Waals surface area contributed by atoms with Crippen molar-refractivity contribution in [3.63, 3.8) is 0 Å². The van der Waals surface area contributed by atoms with Gasteiger partial charge in [0.25, 0.3) is 0 Å². The first-order valence-corrected chi connectivity index (χ1v) is 14.5. The maximum absolute atomic E-state index is 13.0. The molecule has 2 amide bonds. The number of phosphoric ester groups is 1. The van der Waals surface area contributed by atoms with E-state index in [1.807, 2.05) is 20.8 Å². The van der Waals surface area contributed by atoms with Crippen molar-refractivity contribution in [3.05, 3.63) is 17.5 Å². The SMILES string of the molecule is CC(=O)SCCNC(=O)CCNC(=O)[C@@H]1OP(=O)(OCOC(=O)c2cc(C(C)(C)C)nn2C)OCC1(C)C. The highest BCUT2D eigenvalue weighted by Crippen LogP contribution is 2.57. The van der Waals surface area contributed by atoms with E-state index >= 15 is 0 Å². The molecule has 2 atom stereocenters. The minimum Gasteiger partial charge on any atom is -0.433 e. The number of amides is 2. The summed E-state index contributed by atoms with van der Waals surface area (Å²) in [6.45, 7) is 10.2. The first kappa shape index (κ1) is 32.0. The van der Waals surface area contributed by atoms with Crippen LogP contribution in [0, 0.1) is 5.41 Å². The second-order valence-electron chi connectivity index (χ2n) is 10.4. The van der Waals surface area contributed by atoms with Gasteiger partial charge >= 0.3 is 13.8 Å². The maximum Gasteiger partial charge on any atom is 0.478 e. The fourth-order valence-electron chi connectivity index (χ4n) is 3.20. The van der Waals surface area contributed by atoms with Crippen molar-refractivity contribution in [2.24, 2.45) is 12.5 Å². The van der Waals surface area contributed by atoms with E-state index in [2.05, 4.69) is 15.7 Å². The van der Waals surface area contributed by atoms with Crippen LogP contribution in [0.1, 0.15) is 64.1 Å². The quantitative estimate of drug-likeness (QED) is 0.172. The number of thioether (sulfide) groups is 1. The Hall–Kier alpha value is -2.25. The van der Waals surface area contributed by atoms with Crippen molar-refractivity contribution in [1.82, 2.24) is 20.4 Å². The number of rotatable bonds is 11. The van der Waals surface area contributed by atoms with E-state index < -0.39 is 38.0 Å². The number of hydrogen-bond acceptors (Lipinski definition) is 11. The summed E-state index contributed by atoms with van der Waals surface area (Å²) in [5.41, 5.74) is -0.257. The maximum atomic E-state index is 13.0. The summed E-state index contributed by atoms with van der Waals surface area (Å²) in [6, 6.07) is 1.60. The predicted octanol–water partition coefficient (Wildman–Crippen LogP) is 2.30. The number of carbonyl (C=O) groups excluding carboxylic acids is 4. The molecule has 0 aliphatic carbocycles. The third-order valence-electron chi connectivity index (χ3n) is 5.42. The lowest BCUT2D eigenvalue weighted by molar-refractivity contribution is -0.143. The third kappa shape index (κ3) is 9.49. The Balaban J connectivity index is 1.86. The van der Waals surface area contributed by atoms with E-state index in [0.717, 1.165) is 11.8 Å². The Morgan fingerprint density at radius 2 is 1.92 bits per heavy atom. The molecule has 2 N–H and O–H groups in total. The average molecular weight is 577 g/mol. The van der Waals surface area contributed by atoms with Crippen LogP contribution in [0.25, 0.3) is 0 Å². The van der Waals surface area contributed by atoms with Gasteiger partial charge in [-0.15, -0.1) is 0 Å². The number of phosphoric acid groups is 1. The summed E-state index contributed by atoms with van der Waals surface area (Å²) in [5, 5.41) is 9.52. The lowest BCUT2D eigenvalue weighted by Gasteiger charge is -2.39. The first-order chi connectivity index (χ1) is 17.5. The van der Waals surface area contributed by atoms with Gasteiger partial charge in [0.05, 0.1) is 12.3 Å². The van der Waals surface area contributed by atoms with E-state index in [1.165, 1.54) is 11.6 Å². The van der Waals surface area contributed by atoms with Crippen LogP contribution < -0.4 is 10.6 Å². The van der Waals surface area contributed by atoms with Gasteiger partial charge in [0.15, 0.2) is 11.2 Å². The number of esters is 1. The van der Waals surface area contributed by atoms with Gasteiger partial charge in [0.1, 0.15) is 5.69 Å². The molecule has 1 aliphatic rings. The lowest BCUT2D eigenvalue weighted by Crippen LogP contribution is -2.50. The fourth-order valence-corrected chi connectivity index (χ4v) is 5.20. The molecule has 1 aromatic heterocycles. The average Bonchev–Trinajstić information content (AvgIpc) is 3.21. The second-order valence-corrected chi connectivity index (χ2v) is 13.3. The standard InChI is InChI=1S/C23H37N4O9PS/c1-15(28)38-11-10-24-18(29)8-9-25-20(30)19-23(5,6)13-34-37(32,36-19)35-14-33-21(31)16-12-17(22(2,3)4)26-27(16)7/h12,19H,8-11,13-14H2,1-7H3,(H,24,29)(H,25,30)/t19-,37?/m0/s1. The highest BCUT2D eigenvalue weighted by molar-refractivity contribution is 8.13. The summed E-state index contributed by atoms with van der Waals surface area (Å²) in [5.74, 6) is -1.17. The molecule has 0 aromatic carbocycles. The highest BCUT2D eigenvalue weighted by atomic mass is 32.2. The summed E-state index contributed by atoms with van der Waals surface area (Å²) < 4.78 is 35.3. The molecule has 38 heavy (non-hydrogen) atoms. The fraction of sp³-hybridized carbons (Fsp3) is 0.696. The van der Waals surface area contributed by atoms with Gasteiger partial charge in [-0.1, -0.05) is 46.4 Å². The van der Waals surface area contributed by atoms with E-state index in [4.69, 9.17) is 18.3 Å². The van der Waals surface area contributed by atoms with Crippen molar-refractivity contribution in [2.45, 2.75) is 59.5 Å². The number of ether oxygens (including phenoxy) is 1. The second kappa shape index (κ2) is 13.2. The largest absolute Gasteiger partial charge is 0.478 e. The van der Waals surface area contributed by atoms with Crippen LogP contribution >= 0.6 is 19.6 Å². The van der Waals surface area contributed by atoms with Gasteiger partial charge in [0, 0.05) is 50.1 Å². The molecule has 1 saturated heterocycles. The van der Waals surface area contributed by atoms with E-state index in [-0.39, 0.29) is 41.7 Å². The van der Waals surface area contributed by atoms with Gasteiger partial charge in [-0.2, -0.15) is 5.10 Å². The molecule has 0 bridgehead atoms. The molecule has 2 rings (SSSR count). The molecule has 0 spiro atoms. The third-order valence-corrected chi connectivity index (χ3v) is 7.57. The smallest absolute Gasteiger partial charge is 0.433 e. The molecule has 1 aliphatic heterocycles. The van der Waals surface area contributed by atoms with Gasteiger partial charge in [-0.3, -0.25) is 28.1 Å². The first-order valence-electron chi connectivity index (χ1n) is 12.0. The van der Waals surface area contributed by atoms with E-state index in [9.17, 15) is 23.7 Å². The van der Waals surface area contributed by atoms with Gasteiger partial charge in [-0.05, 0) is 6.07 Å². The van der Waals surface area contributed by atoms with Crippen LogP contribution in [0.4, 0.5) is 0 Å². The van der Waals surface area contributed by atoms with Crippen LogP contribution in [0.15, 0.2) is 6.07 Å². The van der Waals surface area contributed by atoms with E-state index in [0.29, 0.717) is 18.0 Å². The highest BCUT2D eigenvalue weighted by Gasteiger charge is 2.49. The minimum atomic E-state index is -4.23. The van der Waals surface area contributed by atoms with E-state index in [1.54, 1.807) is 27.0 Å². The summed E-state index contributed by atoms with van der Waals surface area (Å²) in [7, 11) is -2.63. The number of nitrogens with one attached hydrogen (secondary N) is 2. The molecule has 13 nitrogen and oxygen atoms in total. The van der Waals surface area contributed by atoms with Crippen LogP contribution in [0.3, 0.4) is 0 Å². The zero-order valence-corrected chi connectivity index (χ0v) is 24.5. The number of carbonyl (C=O) groups is 4. The summed E-state index contributed by atoms with van der Waals surface area (Å²) in [6.07, 6.45) is -1.20. The number of aryl methyl sites for hydroxylation is 1. The van der Waals surface area contributed by atoms with Crippen LogP contribution in [0.2, 0.25) is 0 Å². The van der Waals surface area contributed by atoms with Crippen LogP contribution in [-0.2, 0) is 49.7 Å². The number of hydrogen-bond donors (Lipinski definition) is 2. The van der Waals surface area contributed by atoms with Gasteiger partial charge < -0.3 is 15.4 Å². The Bertz CT molecular complexity index is 1080. The topological polar surface area (TPSA) is 164 Å². The molecule has 1 unspecified atom stereocenters. The van der Waals surface area contributed by atoms with Crippen molar-refractivity contribution >= 4 is 42.5 Å². The van der Waals surface area contributed by atoms with Gasteiger partial charge in [0.2, 0.25) is 18.6 Å². The minimum absolute atomic E-state index is 0.00911. The number of aromatic nitrogens is 2. The van der Waals surface area contributed by atoms with Crippen molar-refractivity contribution in [3.8, 4) is 0 Å². The molecule has 1 fully saturated rings. The molecule has 214 valence electrons. The molecule has 0 radical (unpaired) electrons. The molecule has 15 heteroatoms. The zero-order chi connectivity index (χ0) is 28.7. The van der Waals surface area contributed by atoms with Crippen molar-refractivity contribution in [2.75, 3.05) is 32.2 Å². The Kier molecular flexibility index (Phi) is 11.1. The Morgan fingerprint density at radius 3 is 2.53 bits per heavy atom. The predicted molar refractivity (Wildman–Crippen MR) is 139 cm³/mol. The molecule has 0 saturated carbocycles. The van der Waals surface area contributed by atoms with Crippen LogP contribution in [0.5, 0.6) is 0 Å². The lowest BCUT2D eigenvalue weighted by atomic mass is 9.87. The Morgan fingerprint density at radius 1 is 1.24 bits per heavy atom. The van der Waals surface area contributed by atoms with Crippen LogP contribution in [-0.4, -0.2) is 71.0 Å². The summed E-state index contributed by atoms with van der Waals surface area (Å²) in [4.78, 5) is 48.0. The van der Waals surface area contributed by atoms with Crippen molar-refractivity contribution < 1.29 is 42.1 Å². The zero-order valence-electron chi connectivity index (χ0n) is 22.8.